The van der Waals surface area contributed by atoms with Gasteiger partial charge in [-0.15, -0.1) is 0 Å². The molecule has 0 atom stereocenters. The van der Waals surface area contributed by atoms with Gasteiger partial charge in [0.05, 0.1) is 19.0 Å². The number of methoxy groups -OCH3 is 1. The first-order valence-electron chi connectivity index (χ1n) is 7.69. The van der Waals surface area contributed by atoms with Crippen LogP contribution in [0.4, 0.5) is 11.5 Å². The molecule has 2 aromatic rings. The van der Waals surface area contributed by atoms with Gasteiger partial charge in [0.1, 0.15) is 11.6 Å². The fourth-order valence-corrected chi connectivity index (χ4v) is 2.08. The number of aromatic nitrogens is 1. The van der Waals surface area contributed by atoms with Crippen molar-refractivity contribution < 1.29 is 9.53 Å². The summed E-state index contributed by atoms with van der Waals surface area (Å²) in [6.07, 6.45) is 2.22. The number of hydrogen-bond acceptors (Lipinski definition) is 4. The second-order valence-electron chi connectivity index (χ2n) is 5.78. The lowest BCUT2D eigenvalue weighted by atomic mass is 10.1. The van der Waals surface area contributed by atoms with Gasteiger partial charge in [0.25, 0.3) is 0 Å². The summed E-state index contributed by atoms with van der Waals surface area (Å²) >= 11 is 0. The Morgan fingerprint density at radius 3 is 2.48 bits per heavy atom. The van der Waals surface area contributed by atoms with Gasteiger partial charge in [-0.05, 0) is 35.7 Å². The average molecular weight is 313 g/mol. The van der Waals surface area contributed by atoms with Gasteiger partial charge in [0, 0.05) is 13.0 Å². The van der Waals surface area contributed by atoms with Gasteiger partial charge >= 0.3 is 0 Å². The first-order chi connectivity index (χ1) is 11.1. The maximum atomic E-state index is 11.7. The highest BCUT2D eigenvalue weighted by molar-refractivity contribution is 5.89. The molecule has 122 valence electrons. The fourth-order valence-electron chi connectivity index (χ4n) is 2.08. The lowest BCUT2D eigenvalue weighted by Crippen LogP contribution is -2.14. The predicted molar refractivity (Wildman–Crippen MR) is 92.6 cm³/mol. The predicted octanol–water partition coefficient (Wildman–Crippen LogP) is 3.69. The monoisotopic (exact) mass is 313 g/mol. The first-order valence-corrected chi connectivity index (χ1v) is 7.69. The Balaban J connectivity index is 1.85. The summed E-state index contributed by atoms with van der Waals surface area (Å²) in [6.45, 7) is 4.73. The number of rotatable bonds is 7. The molecule has 0 aliphatic heterocycles. The zero-order chi connectivity index (χ0) is 16.7. The van der Waals surface area contributed by atoms with Gasteiger partial charge in [-0.1, -0.05) is 26.0 Å². The first kappa shape index (κ1) is 16.8. The number of pyridine rings is 1. The second-order valence-corrected chi connectivity index (χ2v) is 5.78. The summed E-state index contributed by atoms with van der Waals surface area (Å²) in [6, 6.07) is 11.6. The smallest absolute Gasteiger partial charge is 0.225 e. The summed E-state index contributed by atoms with van der Waals surface area (Å²) in [5, 5.41) is 6.09. The van der Waals surface area contributed by atoms with E-state index < -0.39 is 0 Å². The summed E-state index contributed by atoms with van der Waals surface area (Å²) in [5.74, 6) is 1.74. The van der Waals surface area contributed by atoms with E-state index >= 15 is 0 Å². The molecule has 0 spiro atoms. The van der Waals surface area contributed by atoms with Gasteiger partial charge in [-0.2, -0.15) is 0 Å². The number of hydrogen-bond donors (Lipinski definition) is 2. The molecule has 0 fully saturated rings. The third-order valence-corrected chi connectivity index (χ3v) is 3.28. The van der Waals surface area contributed by atoms with Crippen molar-refractivity contribution in [2.75, 3.05) is 17.7 Å². The van der Waals surface area contributed by atoms with Crippen molar-refractivity contribution in [3.63, 3.8) is 0 Å². The highest BCUT2D eigenvalue weighted by Gasteiger charge is 2.05. The second kappa shape index (κ2) is 8.17. The van der Waals surface area contributed by atoms with Crippen LogP contribution in [0, 0.1) is 5.92 Å². The molecule has 5 nitrogen and oxygen atoms in total. The summed E-state index contributed by atoms with van der Waals surface area (Å²) in [5.41, 5.74) is 2.06. The average Bonchev–Trinajstić information content (AvgIpc) is 2.54. The van der Waals surface area contributed by atoms with Crippen molar-refractivity contribution in [2.45, 2.75) is 26.8 Å². The van der Waals surface area contributed by atoms with Crippen LogP contribution >= 0.6 is 0 Å². The van der Waals surface area contributed by atoms with E-state index in [0.717, 1.165) is 17.0 Å². The normalized spacial score (nSPS) is 10.4. The van der Waals surface area contributed by atoms with E-state index in [1.807, 2.05) is 44.2 Å². The van der Waals surface area contributed by atoms with Crippen molar-refractivity contribution in [1.82, 2.24) is 4.98 Å². The van der Waals surface area contributed by atoms with E-state index in [-0.39, 0.29) is 5.91 Å². The Morgan fingerprint density at radius 1 is 1.17 bits per heavy atom. The Kier molecular flexibility index (Phi) is 5.97. The highest BCUT2D eigenvalue weighted by atomic mass is 16.5. The topological polar surface area (TPSA) is 63.2 Å². The third-order valence-electron chi connectivity index (χ3n) is 3.28. The van der Waals surface area contributed by atoms with Crippen LogP contribution in [0.3, 0.4) is 0 Å². The van der Waals surface area contributed by atoms with E-state index in [1.54, 1.807) is 19.4 Å². The molecule has 0 bridgehead atoms. The molecular formula is C18H23N3O2. The van der Waals surface area contributed by atoms with E-state index in [4.69, 9.17) is 4.74 Å². The lowest BCUT2D eigenvalue weighted by molar-refractivity contribution is -0.116. The molecule has 0 unspecified atom stereocenters. The van der Waals surface area contributed by atoms with Gasteiger partial charge in [0.15, 0.2) is 0 Å². The number of nitrogens with one attached hydrogen (secondary N) is 2. The van der Waals surface area contributed by atoms with Crippen LogP contribution < -0.4 is 15.4 Å². The van der Waals surface area contributed by atoms with Crippen LogP contribution in [0.15, 0.2) is 42.6 Å². The molecule has 23 heavy (non-hydrogen) atoms. The summed E-state index contributed by atoms with van der Waals surface area (Å²) < 4.78 is 5.14. The minimum atomic E-state index is -0.00792. The molecule has 1 heterocycles. The molecule has 0 aliphatic rings. The Bertz CT molecular complexity index is 622. The SMILES string of the molecule is COc1ccc(CNc2ccc(NC(=O)CC(C)C)nc2)cc1. The molecule has 0 radical (unpaired) electrons. The fraction of sp³-hybridized carbons (Fsp3) is 0.333. The number of carbonyl (C=O) groups is 1. The van der Waals surface area contributed by atoms with Crippen molar-refractivity contribution in [1.29, 1.82) is 0 Å². The molecule has 5 heteroatoms. The molecule has 1 amide bonds. The minimum Gasteiger partial charge on any atom is -0.497 e. The molecule has 2 N–H and O–H groups in total. The largest absolute Gasteiger partial charge is 0.497 e. The van der Waals surface area contributed by atoms with E-state index in [9.17, 15) is 4.79 Å². The van der Waals surface area contributed by atoms with Gasteiger partial charge in [-0.3, -0.25) is 4.79 Å². The Hall–Kier alpha value is -2.56. The van der Waals surface area contributed by atoms with Crippen LogP contribution in [0.5, 0.6) is 5.75 Å². The minimum absolute atomic E-state index is 0.00792. The number of carbonyl (C=O) groups excluding carboxylic acids is 1. The van der Waals surface area contributed by atoms with E-state index in [0.29, 0.717) is 24.7 Å². The van der Waals surface area contributed by atoms with Crippen molar-refractivity contribution >= 4 is 17.4 Å². The zero-order valence-electron chi connectivity index (χ0n) is 13.8. The Morgan fingerprint density at radius 2 is 1.91 bits per heavy atom. The van der Waals surface area contributed by atoms with E-state index in [1.165, 1.54) is 0 Å². The quantitative estimate of drug-likeness (QED) is 0.818. The van der Waals surface area contributed by atoms with Crippen molar-refractivity contribution in [3.8, 4) is 5.75 Å². The van der Waals surface area contributed by atoms with Crippen LogP contribution in [0.2, 0.25) is 0 Å². The molecule has 0 saturated carbocycles. The Labute approximate surface area is 137 Å². The number of ether oxygens (including phenoxy) is 1. The zero-order valence-corrected chi connectivity index (χ0v) is 13.8. The summed E-state index contributed by atoms with van der Waals surface area (Å²) in [7, 11) is 1.65. The van der Waals surface area contributed by atoms with Crippen LogP contribution in [-0.4, -0.2) is 18.0 Å². The van der Waals surface area contributed by atoms with Crippen molar-refractivity contribution in [3.05, 3.63) is 48.2 Å². The molecule has 1 aromatic carbocycles. The number of anilines is 2. The van der Waals surface area contributed by atoms with Crippen LogP contribution in [0.1, 0.15) is 25.8 Å². The molecule has 0 saturated heterocycles. The molecule has 1 aromatic heterocycles. The molecule has 0 aliphatic carbocycles. The number of amides is 1. The third kappa shape index (κ3) is 5.62. The van der Waals surface area contributed by atoms with Crippen LogP contribution in [0.25, 0.3) is 0 Å². The van der Waals surface area contributed by atoms with Crippen molar-refractivity contribution in [2.24, 2.45) is 5.92 Å². The van der Waals surface area contributed by atoms with Gasteiger partial charge in [0.2, 0.25) is 5.91 Å². The number of benzene rings is 1. The highest BCUT2D eigenvalue weighted by Crippen LogP contribution is 2.14. The summed E-state index contributed by atoms with van der Waals surface area (Å²) in [4.78, 5) is 15.9. The standard InChI is InChI=1S/C18H23N3O2/c1-13(2)10-18(22)21-17-9-6-15(12-20-17)19-11-14-4-7-16(23-3)8-5-14/h4-9,12-13,19H,10-11H2,1-3H3,(H,20,21,22). The number of nitrogens with zero attached hydrogens (tertiary/aromatic N) is 1. The van der Waals surface area contributed by atoms with Gasteiger partial charge < -0.3 is 15.4 Å². The van der Waals surface area contributed by atoms with Gasteiger partial charge in [-0.25, -0.2) is 4.98 Å². The molecular weight excluding hydrogens is 290 g/mol. The maximum absolute atomic E-state index is 11.7. The molecule has 2 rings (SSSR count). The maximum Gasteiger partial charge on any atom is 0.225 e. The van der Waals surface area contributed by atoms with E-state index in [2.05, 4.69) is 15.6 Å². The van der Waals surface area contributed by atoms with Crippen LogP contribution in [-0.2, 0) is 11.3 Å². The lowest BCUT2D eigenvalue weighted by Gasteiger charge is -2.09.